The maximum atomic E-state index is 12.0. The number of amides is 2. The minimum atomic E-state index is -2.07. The highest BCUT2D eigenvalue weighted by Crippen LogP contribution is 2.33. The Bertz CT molecular complexity index is 1140. The topological polar surface area (TPSA) is 366 Å². The van der Waals surface area contributed by atoms with Gasteiger partial charge in [-0.2, -0.15) is 0 Å². The standard InChI is InChI=1S/C28H48N2O21/c1-7(34)29-13-19(40)15(36)9(3-31)47-26(13)45-6-12-17(38)21(42)24(28(49-12)50-23-18(39)11(5-33)46-25(44)22(23)43)51-27-14(30-8(2)35)20(41)16(37)10(4-32)48-27/h9-28,31-33,36-44H,3-6H2,1-2H3,(H,29,34)(H,30,35)/t9-,10-,11-,12-,13-,14-,15-,16-,17-,18-,19-,20-,21+,22+,23+,24+,25-,26-,27+,28-/m1/s1. The molecule has 4 heterocycles. The van der Waals surface area contributed by atoms with Gasteiger partial charge in [-0.25, -0.2) is 0 Å². The zero-order valence-corrected chi connectivity index (χ0v) is 27.4. The second-order valence-electron chi connectivity index (χ2n) is 12.7. The van der Waals surface area contributed by atoms with Gasteiger partial charge in [-0.1, -0.05) is 0 Å². The molecule has 4 rings (SSSR count). The summed E-state index contributed by atoms with van der Waals surface area (Å²) in [6.45, 7) is -1.03. The summed E-state index contributed by atoms with van der Waals surface area (Å²) in [5.41, 5.74) is 0. The summed E-state index contributed by atoms with van der Waals surface area (Å²) < 4.78 is 39.2. The van der Waals surface area contributed by atoms with Gasteiger partial charge in [-0.3, -0.25) is 9.59 Å². The van der Waals surface area contributed by atoms with Gasteiger partial charge in [0.05, 0.1) is 26.4 Å². The summed E-state index contributed by atoms with van der Waals surface area (Å²) in [5.74, 6) is -1.39. The smallest absolute Gasteiger partial charge is 0.217 e. The third-order valence-electron chi connectivity index (χ3n) is 8.99. The molecule has 51 heavy (non-hydrogen) atoms. The van der Waals surface area contributed by atoms with E-state index in [0.717, 1.165) is 13.8 Å². The minimum Gasteiger partial charge on any atom is -0.394 e. The third-order valence-corrected chi connectivity index (χ3v) is 8.99. The van der Waals surface area contributed by atoms with E-state index in [-0.39, 0.29) is 0 Å². The molecule has 0 saturated carbocycles. The van der Waals surface area contributed by atoms with Gasteiger partial charge in [0, 0.05) is 13.8 Å². The molecule has 0 radical (unpaired) electrons. The van der Waals surface area contributed by atoms with E-state index in [1.807, 2.05) is 0 Å². The van der Waals surface area contributed by atoms with Crippen molar-refractivity contribution in [2.24, 2.45) is 0 Å². The van der Waals surface area contributed by atoms with Crippen LogP contribution in [0.25, 0.3) is 0 Å². The lowest BCUT2D eigenvalue weighted by atomic mass is 9.95. The average Bonchev–Trinajstić information content (AvgIpc) is 3.08. The Kier molecular flexibility index (Phi) is 14.8. The molecule has 23 nitrogen and oxygen atoms in total. The van der Waals surface area contributed by atoms with Gasteiger partial charge in [0.1, 0.15) is 97.5 Å². The van der Waals surface area contributed by atoms with Crippen molar-refractivity contribution in [2.45, 2.75) is 137 Å². The lowest BCUT2D eigenvalue weighted by Crippen LogP contribution is -2.69. The molecule has 0 aromatic rings. The van der Waals surface area contributed by atoms with Crippen molar-refractivity contribution in [3.8, 4) is 0 Å². The molecule has 23 heteroatoms. The van der Waals surface area contributed by atoms with Crippen LogP contribution in [0.15, 0.2) is 0 Å². The second-order valence-corrected chi connectivity index (χ2v) is 12.7. The highest BCUT2D eigenvalue weighted by atomic mass is 16.8. The molecule has 0 bridgehead atoms. The van der Waals surface area contributed by atoms with Crippen LogP contribution in [0.2, 0.25) is 0 Å². The molecule has 4 aliphatic rings. The highest BCUT2D eigenvalue weighted by Gasteiger charge is 2.55. The molecule has 2 amide bonds. The number of nitrogens with one attached hydrogen (secondary N) is 2. The summed E-state index contributed by atoms with van der Waals surface area (Å²) in [7, 11) is 0. The summed E-state index contributed by atoms with van der Waals surface area (Å²) in [4.78, 5) is 23.8. The number of aliphatic hydroxyl groups excluding tert-OH is 12. The van der Waals surface area contributed by atoms with Crippen LogP contribution in [-0.2, 0) is 42.7 Å². The predicted octanol–water partition coefficient (Wildman–Crippen LogP) is -9.46. The fourth-order valence-electron chi connectivity index (χ4n) is 6.22. The first-order valence-electron chi connectivity index (χ1n) is 16.1. The van der Waals surface area contributed by atoms with Gasteiger partial charge in [0.25, 0.3) is 0 Å². The number of rotatable bonds is 12. The second kappa shape index (κ2) is 18.0. The van der Waals surface area contributed by atoms with Gasteiger partial charge in [-0.15, -0.1) is 0 Å². The molecule has 0 aliphatic carbocycles. The Morgan fingerprint density at radius 2 is 0.941 bits per heavy atom. The largest absolute Gasteiger partial charge is 0.394 e. The van der Waals surface area contributed by atoms with Crippen LogP contribution >= 0.6 is 0 Å². The number of hydrogen-bond acceptors (Lipinski definition) is 21. The van der Waals surface area contributed by atoms with E-state index < -0.39 is 161 Å². The van der Waals surface area contributed by atoms with E-state index in [0.29, 0.717) is 0 Å². The summed E-state index contributed by atoms with van der Waals surface area (Å²) in [5, 5.41) is 130. The van der Waals surface area contributed by atoms with Crippen molar-refractivity contribution in [1.82, 2.24) is 10.6 Å². The first-order valence-corrected chi connectivity index (χ1v) is 16.1. The Morgan fingerprint density at radius 1 is 0.510 bits per heavy atom. The molecule has 0 unspecified atom stereocenters. The number of aliphatic hydroxyl groups is 12. The van der Waals surface area contributed by atoms with Crippen molar-refractivity contribution in [3.05, 3.63) is 0 Å². The van der Waals surface area contributed by atoms with Crippen molar-refractivity contribution in [1.29, 1.82) is 0 Å². The highest BCUT2D eigenvalue weighted by molar-refractivity contribution is 5.73. The molecule has 0 spiro atoms. The third kappa shape index (κ3) is 9.29. The van der Waals surface area contributed by atoms with Crippen molar-refractivity contribution in [3.63, 3.8) is 0 Å². The summed E-state index contributed by atoms with van der Waals surface area (Å²) >= 11 is 0. The van der Waals surface area contributed by atoms with Gasteiger partial charge < -0.3 is 105 Å². The molecule has 0 aromatic heterocycles. The van der Waals surface area contributed by atoms with Crippen LogP contribution in [0.5, 0.6) is 0 Å². The van der Waals surface area contributed by atoms with Gasteiger partial charge in [0.2, 0.25) is 11.8 Å². The summed E-state index contributed by atoms with van der Waals surface area (Å²) in [6.07, 6.45) is -31.9. The molecular weight excluding hydrogens is 700 g/mol. The van der Waals surface area contributed by atoms with Crippen molar-refractivity contribution >= 4 is 11.8 Å². The van der Waals surface area contributed by atoms with Gasteiger partial charge in [-0.05, 0) is 0 Å². The fraction of sp³-hybridized carbons (Fsp3) is 0.929. The van der Waals surface area contributed by atoms with E-state index in [2.05, 4.69) is 10.6 Å². The van der Waals surface area contributed by atoms with E-state index in [9.17, 15) is 70.9 Å². The predicted molar refractivity (Wildman–Crippen MR) is 157 cm³/mol. The quantitative estimate of drug-likeness (QED) is 0.0881. The SMILES string of the molecule is CC(=O)N[C@H]1[C@H](OC[C@H]2O[C@H](O[C@@H]3[C@H](O)[C@H](O)O[C@H](CO)[C@H]3O)[C@@H](O[C@@H]3O[C@H](CO)[C@@H](O)[C@H](O)[C@H]3NC(C)=O)[C@@H](O)[C@@H]2O)O[C@H](CO)[C@@H](O)[C@@H]1O. The first kappa shape index (κ1) is 41.9. The minimum absolute atomic E-state index is 0.663. The molecule has 296 valence electrons. The van der Waals surface area contributed by atoms with Crippen molar-refractivity contribution in [2.75, 3.05) is 26.4 Å². The summed E-state index contributed by atoms with van der Waals surface area (Å²) in [6, 6.07) is -2.96. The lowest BCUT2D eigenvalue weighted by Gasteiger charge is -2.49. The monoisotopic (exact) mass is 748 g/mol. The molecule has 4 fully saturated rings. The van der Waals surface area contributed by atoms with Crippen LogP contribution in [0.1, 0.15) is 13.8 Å². The first-order chi connectivity index (χ1) is 24.0. The average molecular weight is 749 g/mol. The Hall–Kier alpha value is -1.82. The van der Waals surface area contributed by atoms with E-state index in [4.69, 9.17) is 33.2 Å². The van der Waals surface area contributed by atoms with Crippen LogP contribution in [0, 0.1) is 0 Å². The zero-order valence-electron chi connectivity index (χ0n) is 27.4. The maximum absolute atomic E-state index is 12.0. The Balaban J connectivity index is 1.63. The number of ether oxygens (including phenoxy) is 7. The normalized spacial score (nSPS) is 47.8. The van der Waals surface area contributed by atoms with Crippen LogP contribution < -0.4 is 10.6 Å². The van der Waals surface area contributed by atoms with E-state index >= 15 is 0 Å². The number of hydrogen-bond donors (Lipinski definition) is 14. The Morgan fingerprint density at radius 3 is 1.45 bits per heavy atom. The molecule has 4 aliphatic heterocycles. The maximum Gasteiger partial charge on any atom is 0.217 e. The van der Waals surface area contributed by atoms with Crippen LogP contribution in [-0.4, -0.2) is 222 Å². The van der Waals surface area contributed by atoms with Crippen molar-refractivity contribution < 1.29 is 104 Å². The van der Waals surface area contributed by atoms with Gasteiger partial charge >= 0.3 is 0 Å². The Labute approximate surface area is 289 Å². The molecular formula is C28H48N2O21. The van der Waals surface area contributed by atoms with Gasteiger partial charge in [0.15, 0.2) is 25.2 Å². The molecule has 0 aromatic carbocycles. The number of carbonyl (C=O) groups excluding carboxylic acids is 2. The molecule has 20 atom stereocenters. The van der Waals surface area contributed by atoms with E-state index in [1.165, 1.54) is 0 Å². The van der Waals surface area contributed by atoms with Crippen LogP contribution in [0.3, 0.4) is 0 Å². The zero-order chi connectivity index (χ0) is 37.9. The molecule has 4 saturated heterocycles. The van der Waals surface area contributed by atoms with E-state index in [1.54, 1.807) is 0 Å². The lowest BCUT2D eigenvalue weighted by molar-refractivity contribution is -0.384. The van der Waals surface area contributed by atoms with Crippen LogP contribution in [0.4, 0.5) is 0 Å². The molecule has 14 N–H and O–H groups in total. The fourth-order valence-corrected chi connectivity index (χ4v) is 6.22. The number of carbonyl (C=O) groups is 2.